The van der Waals surface area contributed by atoms with Gasteiger partial charge in [-0.25, -0.2) is 9.97 Å². The molecule has 0 aliphatic carbocycles. The van der Waals surface area contributed by atoms with Crippen LogP contribution in [-0.2, 0) is 6.42 Å². The fraction of sp³-hybridized carbons (Fsp3) is 0.231. The summed E-state index contributed by atoms with van der Waals surface area (Å²) >= 11 is 11.2. The lowest BCUT2D eigenvalue weighted by molar-refractivity contribution is 0.856. The van der Waals surface area contributed by atoms with E-state index in [9.17, 15) is 0 Å². The first-order valence-corrected chi connectivity index (χ1v) is 7.62. The summed E-state index contributed by atoms with van der Waals surface area (Å²) in [5.41, 5.74) is 1.04. The van der Waals surface area contributed by atoms with Crippen LogP contribution in [0.1, 0.15) is 18.9 Å². The molecule has 0 N–H and O–H groups in total. The summed E-state index contributed by atoms with van der Waals surface area (Å²) in [6.07, 6.45) is 3.45. The third-order valence-electron chi connectivity index (χ3n) is 2.38. The molecule has 5 heteroatoms. The highest BCUT2D eigenvalue weighted by Gasteiger charge is 2.10. The molecule has 0 saturated heterocycles. The van der Waals surface area contributed by atoms with Gasteiger partial charge in [-0.3, -0.25) is 0 Å². The molecule has 18 heavy (non-hydrogen) atoms. The first-order valence-electron chi connectivity index (χ1n) is 5.63. The maximum Gasteiger partial charge on any atom is 0.136 e. The zero-order valence-corrected chi connectivity index (χ0v) is 13.0. The number of halogens is 2. The molecule has 1 heterocycles. The highest BCUT2D eigenvalue weighted by atomic mass is 79.9. The lowest BCUT2D eigenvalue weighted by Crippen LogP contribution is -1.95. The molecule has 0 aliphatic rings. The second kappa shape index (κ2) is 6.55. The lowest BCUT2D eigenvalue weighted by Gasteiger charge is -2.08. The Morgan fingerprint density at radius 2 is 1.94 bits per heavy atom. The van der Waals surface area contributed by atoms with Crippen molar-refractivity contribution in [2.24, 2.45) is 0 Å². The number of benzene rings is 1. The summed E-state index contributed by atoms with van der Waals surface area (Å²) in [6.45, 7) is 2.12. The van der Waals surface area contributed by atoms with E-state index < -0.39 is 0 Å². The van der Waals surface area contributed by atoms with E-state index in [0.29, 0.717) is 5.15 Å². The van der Waals surface area contributed by atoms with E-state index in [0.717, 1.165) is 32.8 Å². The van der Waals surface area contributed by atoms with Crippen LogP contribution in [-0.4, -0.2) is 9.97 Å². The minimum atomic E-state index is 0.562. The van der Waals surface area contributed by atoms with E-state index in [2.05, 4.69) is 45.0 Å². The third-order valence-corrected chi connectivity index (χ3v) is 4.29. The Hall–Kier alpha value is -0.580. The quantitative estimate of drug-likeness (QED) is 0.731. The first-order chi connectivity index (χ1) is 8.70. The van der Waals surface area contributed by atoms with Crippen molar-refractivity contribution in [3.63, 3.8) is 0 Å². The molecule has 0 aliphatic heterocycles. The van der Waals surface area contributed by atoms with Crippen molar-refractivity contribution in [1.82, 2.24) is 9.97 Å². The van der Waals surface area contributed by atoms with E-state index >= 15 is 0 Å². The summed E-state index contributed by atoms with van der Waals surface area (Å²) in [5.74, 6) is 0. The Balaban J connectivity index is 2.28. The fourth-order valence-electron chi connectivity index (χ4n) is 1.54. The largest absolute Gasteiger partial charge is 0.229 e. The van der Waals surface area contributed by atoms with Crippen molar-refractivity contribution in [3.8, 4) is 0 Å². The zero-order valence-electron chi connectivity index (χ0n) is 9.86. The van der Waals surface area contributed by atoms with Gasteiger partial charge in [0, 0.05) is 14.9 Å². The molecule has 0 atom stereocenters. The van der Waals surface area contributed by atoms with Gasteiger partial charge in [-0.2, -0.15) is 0 Å². The van der Waals surface area contributed by atoms with Gasteiger partial charge in [-0.1, -0.05) is 52.6 Å². The van der Waals surface area contributed by atoms with Crippen LogP contribution in [0, 0.1) is 0 Å². The van der Waals surface area contributed by atoms with Crippen LogP contribution >= 0.6 is 39.3 Å². The Bertz CT molecular complexity index is 531. The average Bonchev–Trinajstić information content (AvgIpc) is 2.36. The molecule has 1 aromatic carbocycles. The summed E-state index contributed by atoms with van der Waals surface area (Å²) in [7, 11) is 0. The van der Waals surface area contributed by atoms with Crippen molar-refractivity contribution in [3.05, 3.63) is 45.8 Å². The van der Waals surface area contributed by atoms with Crippen molar-refractivity contribution >= 4 is 39.3 Å². The summed E-state index contributed by atoms with van der Waals surface area (Å²) in [6, 6.07) is 8.15. The molecular weight excluding hydrogens is 332 g/mol. The second-order valence-corrected chi connectivity index (χ2v) is 6.09. The highest BCUT2D eigenvalue weighted by molar-refractivity contribution is 9.10. The molecule has 2 aromatic rings. The normalized spacial score (nSPS) is 10.6. The molecular formula is C13H12BrClN2S. The number of nitrogens with zero attached hydrogens (tertiary/aromatic N) is 2. The van der Waals surface area contributed by atoms with Gasteiger partial charge in [-0.15, -0.1) is 0 Å². The fourth-order valence-corrected chi connectivity index (χ4v) is 3.00. The van der Waals surface area contributed by atoms with Crippen LogP contribution in [0.15, 0.2) is 45.0 Å². The summed E-state index contributed by atoms with van der Waals surface area (Å²) in [5, 5.41) is 1.51. The van der Waals surface area contributed by atoms with Crippen LogP contribution in [0.5, 0.6) is 0 Å². The van der Waals surface area contributed by atoms with Gasteiger partial charge in [-0.05, 0) is 30.7 Å². The van der Waals surface area contributed by atoms with Gasteiger partial charge < -0.3 is 0 Å². The van der Waals surface area contributed by atoms with Gasteiger partial charge in [0.2, 0.25) is 0 Å². The van der Waals surface area contributed by atoms with Crippen molar-refractivity contribution in [1.29, 1.82) is 0 Å². The number of aromatic nitrogens is 2. The minimum absolute atomic E-state index is 0.562. The molecule has 0 spiro atoms. The highest BCUT2D eigenvalue weighted by Crippen LogP contribution is 2.32. The maximum absolute atomic E-state index is 6.13. The van der Waals surface area contributed by atoms with E-state index in [4.69, 9.17) is 11.6 Å². The molecule has 0 unspecified atom stereocenters. The molecule has 1 aromatic heterocycles. The van der Waals surface area contributed by atoms with E-state index in [1.54, 1.807) is 11.8 Å². The Labute approximate surface area is 124 Å². The van der Waals surface area contributed by atoms with Crippen LogP contribution in [0.2, 0.25) is 5.15 Å². The van der Waals surface area contributed by atoms with Gasteiger partial charge in [0.1, 0.15) is 16.5 Å². The van der Waals surface area contributed by atoms with Gasteiger partial charge in [0.15, 0.2) is 0 Å². The zero-order chi connectivity index (χ0) is 13.0. The van der Waals surface area contributed by atoms with Gasteiger partial charge in [0.05, 0.1) is 0 Å². The molecule has 2 rings (SSSR count). The molecule has 94 valence electrons. The molecule has 0 bridgehead atoms. The SMILES string of the molecule is CCCc1c(Cl)ncnc1Sc1ccc(Br)cc1. The number of rotatable bonds is 4. The average molecular weight is 344 g/mol. The standard InChI is InChI=1S/C13H12BrClN2S/c1-2-3-11-12(15)16-8-17-13(11)18-10-6-4-9(14)5-7-10/h4-8H,2-3H2,1H3. The van der Waals surface area contributed by atoms with Crippen LogP contribution in [0.4, 0.5) is 0 Å². The molecule has 0 amide bonds. The van der Waals surface area contributed by atoms with Gasteiger partial charge >= 0.3 is 0 Å². The minimum Gasteiger partial charge on any atom is -0.229 e. The predicted octanol–water partition coefficient (Wildman–Crippen LogP) is 5.00. The number of hydrogen-bond donors (Lipinski definition) is 0. The molecule has 0 saturated carbocycles. The van der Waals surface area contributed by atoms with E-state index in [-0.39, 0.29) is 0 Å². The number of hydrogen-bond acceptors (Lipinski definition) is 3. The van der Waals surface area contributed by atoms with Gasteiger partial charge in [0.25, 0.3) is 0 Å². The van der Waals surface area contributed by atoms with E-state index in [1.165, 1.54) is 6.33 Å². The van der Waals surface area contributed by atoms with E-state index in [1.807, 2.05) is 12.1 Å². The molecule has 2 nitrogen and oxygen atoms in total. The van der Waals surface area contributed by atoms with Crippen LogP contribution < -0.4 is 0 Å². The van der Waals surface area contributed by atoms with Crippen molar-refractivity contribution < 1.29 is 0 Å². The van der Waals surface area contributed by atoms with Crippen molar-refractivity contribution in [2.45, 2.75) is 29.7 Å². The molecule has 0 radical (unpaired) electrons. The lowest BCUT2D eigenvalue weighted by atomic mass is 10.2. The summed E-state index contributed by atoms with van der Waals surface area (Å²) in [4.78, 5) is 9.52. The Morgan fingerprint density at radius 1 is 1.22 bits per heavy atom. The maximum atomic E-state index is 6.13. The Morgan fingerprint density at radius 3 is 2.61 bits per heavy atom. The third kappa shape index (κ3) is 3.46. The first kappa shape index (κ1) is 13.8. The van der Waals surface area contributed by atoms with Crippen LogP contribution in [0.25, 0.3) is 0 Å². The smallest absolute Gasteiger partial charge is 0.136 e. The molecule has 0 fully saturated rings. The van der Waals surface area contributed by atoms with Crippen LogP contribution in [0.3, 0.4) is 0 Å². The second-order valence-electron chi connectivity index (χ2n) is 3.75. The Kier molecular flexibility index (Phi) is 5.03. The topological polar surface area (TPSA) is 25.8 Å². The van der Waals surface area contributed by atoms with Crippen molar-refractivity contribution in [2.75, 3.05) is 0 Å². The predicted molar refractivity (Wildman–Crippen MR) is 79.3 cm³/mol. The summed E-state index contributed by atoms with van der Waals surface area (Å²) < 4.78 is 1.07. The monoisotopic (exact) mass is 342 g/mol.